The maximum absolute atomic E-state index is 12.3. The number of hydrogen-bond acceptors (Lipinski definition) is 6. The molecule has 1 fully saturated rings. The van der Waals surface area contributed by atoms with E-state index < -0.39 is 0 Å². The van der Waals surface area contributed by atoms with Crippen molar-refractivity contribution in [2.75, 3.05) is 32.8 Å². The third-order valence-electron chi connectivity index (χ3n) is 4.53. The van der Waals surface area contributed by atoms with Crippen LogP contribution in [0.4, 0.5) is 0 Å². The molecule has 0 N–H and O–H groups in total. The van der Waals surface area contributed by atoms with Gasteiger partial charge in [0.15, 0.2) is 6.61 Å². The van der Waals surface area contributed by atoms with E-state index in [0.29, 0.717) is 35.6 Å². The number of benzene rings is 1. The topological polar surface area (TPSA) is 71.7 Å². The van der Waals surface area contributed by atoms with E-state index in [9.17, 15) is 4.79 Å². The van der Waals surface area contributed by atoms with Crippen molar-refractivity contribution in [2.45, 2.75) is 26.3 Å². The molecule has 0 saturated carbocycles. The first-order chi connectivity index (χ1) is 12.6. The summed E-state index contributed by atoms with van der Waals surface area (Å²) < 4.78 is 11.2. The molecule has 0 unspecified atom stereocenters. The summed E-state index contributed by atoms with van der Waals surface area (Å²) in [6.45, 7) is 6.90. The van der Waals surface area contributed by atoms with E-state index in [2.05, 4.69) is 15.1 Å². The highest BCUT2D eigenvalue weighted by molar-refractivity contribution is 6.30. The van der Waals surface area contributed by atoms with Crippen LogP contribution in [0.2, 0.25) is 5.02 Å². The minimum absolute atomic E-state index is 0.0155. The Labute approximate surface area is 157 Å². The quantitative estimate of drug-likeness (QED) is 0.769. The molecule has 7 nitrogen and oxygen atoms in total. The highest BCUT2D eigenvalue weighted by Gasteiger charge is 2.27. The van der Waals surface area contributed by atoms with Crippen LogP contribution >= 0.6 is 11.6 Å². The van der Waals surface area contributed by atoms with Crippen LogP contribution in [0.1, 0.15) is 31.7 Å². The van der Waals surface area contributed by atoms with E-state index >= 15 is 0 Å². The smallest absolute Gasteiger partial charge is 0.260 e. The van der Waals surface area contributed by atoms with Crippen LogP contribution in [0.15, 0.2) is 28.7 Å². The minimum Gasteiger partial charge on any atom is -0.484 e. The lowest BCUT2D eigenvalue weighted by Gasteiger charge is -2.36. The highest BCUT2D eigenvalue weighted by Crippen LogP contribution is 2.21. The zero-order valence-electron chi connectivity index (χ0n) is 15.0. The molecule has 0 radical (unpaired) electrons. The Balaban J connectivity index is 1.46. The van der Waals surface area contributed by atoms with Crippen LogP contribution in [0.25, 0.3) is 0 Å². The first-order valence-corrected chi connectivity index (χ1v) is 9.17. The summed E-state index contributed by atoms with van der Waals surface area (Å²) >= 11 is 5.84. The van der Waals surface area contributed by atoms with E-state index in [4.69, 9.17) is 20.8 Å². The standard InChI is InChI=1S/C18H23ClN4O3/c1-3-16-20-21-18(26-16)13(2)22-8-10-23(11-9-22)17(24)12-25-15-6-4-14(19)5-7-15/h4-7,13H,3,8-12H2,1-2H3/t13-/m0/s1. The van der Waals surface area contributed by atoms with Crippen LogP contribution in [-0.2, 0) is 11.2 Å². The third-order valence-corrected chi connectivity index (χ3v) is 4.78. The van der Waals surface area contributed by atoms with Gasteiger partial charge in [0.25, 0.3) is 5.91 Å². The largest absolute Gasteiger partial charge is 0.484 e. The van der Waals surface area contributed by atoms with Gasteiger partial charge in [0, 0.05) is 37.6 Å². The Morgan fingerprint density at radius 3 is 2.54 bits per heavy atom. The molecule has 1 aromatic heterocycles. The molecule has 1 aromatic carbocycles. The van der Waals surface area contributed by atoms with Gasteiger partial charge in [-0.15, -0.1) is 10.2 Å². The summed E-state index contributed by atoms with van der Waals surface area (Å²) in [5, 5.41) is 8.78. The molecule has 1 amide bonds. The summed E-state index contributed by atoms with van der Waals surface area (Å²) in [5.41, 5.74) is 0. The van der Waals surface area contributed by atoms with Crippen LogP contribution in [0.5, 0.6) is 5.75 Å². The number of piperazine rings is 1. The average Bonchev–Trinajstić information content (AvgIpc) is 3.16. The first-order valence-electron chi connectivity index (χ1n) is 8.79. The molecule has 140 valence electrons. The van der Waals surface area contributed by atoms with Gasteiger partial charge >= 0.3 is 0 Å². The average molecular weight is 379 g/mol. The van der Waals surface area contributed by atoms with E-state index in [0.717, 1.165) is 19.5 Å². The highest BCUT2D eigenvalue weighted by atomic mass is 35.5. The number of ether oxygens (including phenoxy) is 1. The minimum atomic E-state index is -0.0155. The third kappa shape index (κ3) is 4.53. The Morgan fingerprint density at radius 1 is 1.23 bits per heavy atom. The van der Waals surface area contributed by atoms with Crippen molar-refractivity contribution in [1.29, 1.82) is 0 Å². The van der Waals surface area contributed by atoms with Gasteiger partial charge < -0.3 is 14.1 Å². The number of halogens is 1. The number of aryl methyl sites for hydroxylation is 1. The second-order valence-electron chi connectivity index (χ2n) is 6.22. The number of amides is 1. The van der Waals surface area contributed by atoms with Crippen molar-refractivity contribution in [3.8, 4) is 5.75 Å². The Morgan fingerprint density at radius 2 is 1.92 bits per heavy atom. The monoisotopic (exact) mass is 378 g/mol. The molecular weight excluding hydrogens is 356 g/mol. The summed E-state index contributed by atoms with van der Waals surface area (Å²) in [4.78, 5) is 16.4. The molecule has 1 atom stereocenters. The molecule has 1 aliphatic rings. The lowest BCUT2D eigenvalue weighted by molar-refractivity contribution is -0.135. The fourth-order valence-electron chi connectivity index (χ4n) is 2.86. The molecule has 3 rings (SSSR count). The molecule has 1 aliphatic heterocycles. The Kier molecular flexibility index (Phi) is 6.11. The lowest BCUT2D eigenvalue weighted by atomic mass is 10.2. The van der Waals surface area contributed by atoms with Crippen LogP contribution in [0, 0.1) is 0 Å². The molecular formula is C18H23ClN4O3. The Hall–Kier alpha value is -2.12. The summed E-state index contributed by atoms with van der Waals surface area (Å²) in [5.74, 6) is 1.91. The summed E-state index contributed by atoms with van der Waals surface area (Å²) in [6.07, 6.45) is 0.732. The van der Waals surface area contributed by atoms with Crippen molar-refractivity contribution in [3.63, 3.8) is 0 Å². The van der Waals surface area contributed by atoms with Crippen molar-refractivity contribution < 1.29 is 13.9 Å². The van der Waals surface area contributed by atoms with Crippen molar-refractivity contribution >= 4 is 17.5 Å². The van der Waals surface area contributed by atoms with Gasteiger partial charge in [-0.3, -0.25) is 9.69 Å². The molecule has 0 bridgehead atoms. The summed E-state index contributed by atoms with van der Waals surface area (Å²) in [7, 11) is 0. The van der Waals surface area contributed by atoms with Gasteiger partial charge in [0.1, 0.15) is 5.75 Å². The van der Waals surface area contributed by atoms with E-state index in [1.807, 2.05) is 18.7 Å². The number of carbonyl (C=O) groups excluding carboxylic acids is 1. The zero-order chi connectivity index (χ0) is 18.5. The Bertz CT molecular complexity index is 726. The number of hydrogen-bond donors (Lipinski definition) is 0. The van der Waals surface area contributed by atoms with Gasteiger partial charge in [-0.2, -0.15) is 0 Å². The van der Waals surface area contributed by atoms with Crippen LogP contribution < -0.4 is 4.74 Å². The van der Waals surface area contributed by atoms with E-state index in [-0.39, 0.29) is 18.6 Å². The SMILES string of the molecule is CCc1nnc([C@H](C)N2CCN(C(=O)COc3ccc(Cl)cc3)CC2)o1. The number of aromatic nitrogens is 2. The van der Waals surface area contributed by atoms with Gasteiger partial charge in [0.2, 0.25) is 11.8 Å². The normalized spacial score (nSPS) is 16.5. The predicted molar refractivity (Wildman–Crippen MR) is 97.2 cm³/mol. The zero-order valence-corrected chi connectivity index (χ0v) is 15.8. The van der Waals surface area contributed by atoms with Gasteiger partial charge in [-0.1, -0.05) is 18.5 Å². The fraction of sp³-hybridized carbons (Fsp3) is 0.500. The molecule has 0 aliphatic carbocycles. The maximum atomic E-state index is 12.3. The second-order valence-corrected chi connectivity index (χ2v) is 6.66. The molecule has 2 aromatic rings. The molecule has 2 heterocycles. The van der Waals surface area contributed by atoms with Crippen molar-refractivity contribution in [2.24, 2.45) is 0 Å². The van der Waals surface area contributed by atoms with Gasteiger partial charge in [-0.05, 0) is 31.2 Å². The first kappa shape index (κ1) is 18.7. The summed E-state index contributed by atoms with van der Waals surface area (Å²) in [6, 6.07) is 7.03. The van der Waals surface area contributed by atoms with Gasteiger partial charge in [0.05, 0.1) is 6.04 Å². The van der Waals surface area contributed by atoms with E-state index in [1.54, 1.807) is 24.3 Å². The molecule has 1 saturated heterocycles. The number of nitrogens with zero attached hydrogens (tertiary/aromatic N) is 4. The molecule has 0 spiro atoms. The fourth-order valence-corrected chi connectivity index (χ4v) is 2.99. The van der Waals surface area contributed by atoms with Crippen molar-refractivity contribution in [3.05, 3.63) is 41.1 Å². The number of rotatable bonds is 6. The molecule has 26 heavy (non-hydrogen) atoms. The maximum Gasteiger partial charge on any atom is 0.260 e. The second kappa shape index (κ2) is 8.51. The number of carbonyl (C=O) groups is 1. The van der Waals surface area contributed by atoms with Crippen LogP contribution in [-0.4, -0.2) is 58.7 Å². The lowest BCUT2D eigenvalue weighted by Crippen LogP contribution is -2.50. The van der Waals surface area contributed by atoms with Crippen molar-refractivity contribution in [1.82, 2.24) is 20.0 Å². The predicted octanol–water partition coefficient (Wildman–Crippen LogP) is 2.57. The van der Waals surface area contributed by atoms with E-state index in [1.165, 1.54) is 0 Å². The molecule has 8 heteroatoms. The van der Waals surface area contributed by atoms with Gasteiger partial charge in [-0.25, -0.2) is 0 Å². The van der Waals surface area contributed by atoms with Crippen LogP contribution in [0.3, 0.4) is 0 Å².